The number of fused-ring (bicyclic) bond motifs is 1. The van der Waals surface area contributed by atoms with Gasteiger partial charge in [0.1, 0.15) is 5.82 Å². The monoisotopic (exact) mass is 402 g/mol. The highest BCUT2D eigenvalue weighted by Crippen LogP contribution is 2.31. The van der Waals surface area contributed by atoms with Crippen molar-refractivity contribution in [3.05, 3.63) is 17.1 Å². The minimum Gasteiger partial charge on any atom is -0.475 e. The molecule has 2 N–H and O–H groups in total. The van der Waals surface area contributed by atoms with Crippen LogP contribution >= 0.6 is 0 Å². The van der Waals surface area contributed by atoms with Gasteiger partial charge in [0.15, 0.2) is 0 Å². The summed E-state index contributed by atoms with van der Waals surface area (Å²) in [7, 11) is 5.55. The number of carboxylic acids is 1. The Kier molecular flexibility index (Phi) is 4.99. The van der Waals surface area contributed by atoms with Crippen LogP contribution in [0.15, 0.2) is 0 Å². The molecule has 0 unspecified atom stereocenters. The smallest absolute Gasteiger partial charge is 0.375 e. The number of hydrogen-bond acceptors (Lipinski definition) is 9. The van der Waals surface area contributed by atoms with Crippen LogP contribution in [0.25, 0.3) is 0 Å². The van der Waals surface area contributed by atoms with E-state index in [-0.39, 0.29) is 11.9 Å². The normalized spacial score (nSPS) is 17.4. The summed E-state index contributed by atoms with van der Waals surface area (Å²) in [5.74, 6) is 0.722. The molecule has 0 aromatic carbocycles. The summed E-state index contributed by atoms with van der Waals surface area (Å²) < 4.78 is 1.50. The highest BCUT2D eigenvalue weighted by Gasteiger charge is 2.30. The van der Waals surface area contributed by atoms with Crippen LogP contribution < -0.4 is 14.7 Å². The molecule has 0 spiro atoms. The molecule has 29 heavy (non-hydrogen) atoms. The van der Waals surface area contributed by atoms with E-state index in [0.29, 0.717) is 44.2 Å². The Morgan fingerprint density at radius 2 is 1.83 bits per heavy atom. The van der Waals surface area contributed by atoms with Gasteiger partial charge in [-0.25, -0.2) is 14.5 Å². The van der Waals surface area contributed by atoms with Crippen molar-refractivity contribution in [2.45, 2.75) is 31.9 Å². The third-order valence-electron chi connectivity index (χ3n) is 5.40. The van der Waals surface area contributed by atoms with E-state index in [2.05, 4.69) is 15.0 Å². The van der Waals surface area contributed by atoms with E-state index in [0.717, 1.165) is 30.2 Å². The molecule has 0 radical (unpaired) electrons. The zero-order valence-electron chi connectivity index (χ0n) is 16.9. The Balaban J connectivity index is 1.70. The van der Waals surface area contributed by atoms with Gasteiger partial charge in [-0.05, 0) is 12.8 Å². The number of aryl methyl sites for hydroxylation is 1. The minimum atomic E-state index is -1.14. The van der Waals surface area contributed by atoms with Gasteiger partial charge >= 0.3 is 5.97 Å². The number of carboxylic acid groups (broad SMARTS) is 1. The van der Waals surface area contributed by atoms with Crippen LogP contribution in [0.4, 0.5) is 17.7 Å². The Hall–Kier alpha value is -2.95. The lowest BCUT2D eigenvalue weighted by Crippen LogP contribution is -2.40. The van der Waals surface area contributed by atoms with Gasteiger partial charge in [0.2, 0.25) is 11.9 Å². The number of hydrogen-bond donors (Lipinski definition) is 2. The third-order valence-corrected chi connectivity index (χ3v) is 5.40. The fourth-order valence-corrected chi connectivity index (χ4v) is 3.84. The molecule has 2 aliphatic heterocycles. The predicted octanol–water partition coefficient (Wildman–Crippen LogP) is -0.107. The van der Waals surface area contributed by atoms with Crippen LogP contribution in [0.2, 0.25) is 0 Å². The Labute approximate surface area is 168 Å². The molecule has 11 nitrogen and oxygen atoms in total. The molecule has 0 bridgehead atoms. The van der Waals surface area contributed by atoms with Gasteiger partial charge in [-0.3, -0.25) is 0 Å². The van der Waals surface area contributed by atoms with Crippen LogP contribution in [0, 0.1) is 0 Å². The first-order valence-corrected chi connectivity index (χ1v) is 9.73. The van der Waals surface area contributed by atoms with Gasteiger partial charge in [-0.15, -0.1) is 5.10 Å². The van der Waals surface area contributed by atoms with Crippen molar-refractivity contribution >= 4 is 23.7 Å². The van der Waals surface area contributed by atoms with E-state index in [9.17, 15) is 15.0 Å². The van der Waals surface area contributed by atoms with E-state index >= 15 is 0 Å². The lowest BCUT2D eigenvalue weighted by atomic mass is 10.0. The molecule has 1 fully saturated rings. The van der Waals surface area contributed by atoms with Gasteiger partial charge in [0.05, 0.1) is 18.3 Å². The summed E-state index contributed by atoms with van der Waals surface area (Å²) in [6.07, 6.45) is 1.87. The number of anilines is 3. The number of aromatic carboxylic acids is 1. The van der Waals surface area contributed by atoms with Gasteiger partial charge in [0.25, 0.3) is 5.82 Å². The van der Waals surface area contributed by atoms with Crippen molar-refractivity contribution < 1.29 is 15.0 Å². The number of aliphatic hydroxyl groups is 1. The fourth-order valence-electron chi connectivity index (χ4n) is 3.84. The van der Waals surface area contributed by atoms with Crippen LogP contribution in [-0.4, -0.2) is 80.7 Å². The first kappa shape index (κ1) is 19.4. The van der Waals surface area contributed by atoms with E-state index < -0.39 is 5.97 Å². The highest BCUT2D eigenvalue weighted by molar-refractivity contribution is 5.83. The summed E-state index contributed by atoms with van der Waals surface area (Å²) in [5, 5.41) is 23.1. The van der Waals surface area contributed by atoms with Gasteiger partial charge in [0, 0.05) is 52.8 Å². The van der Waals surface area contributed by atoms with Gasteiger partial charge in [-0.2, -0.15) is 9.97 Å². The number of nitrogens with zero attached hydrogens (tertiary/aromatic N) is 8. The molecular formula is C18H26N8O3. The number of rotatable bonds is 4. The molecule has 0 atom stereocenters. The van der Waals surface area contributed by atoms with Crippen molar-refractivity contribution in [1.29, 1.82) is 0 Å². The quantitative estimate of drug-likeness (QED) is 0.716. The van der Waals surface area contributed by atoms with Gasteiger partial charge < -0.3 is 24.9 Å². The molecule has 1 saturated heterocycles. The summed E-state index contributed by atoms with van der Waals surface area (Å²) in [4.78, 5) is 31.1. The SMILES string of the molecule is CN(C)c1nc2c(c(N3CCC(O)CC3)n1)CN(c1nc(C(=O)O)nn1C)CC2. The largest absolute Gasteiger partial charge is 0.475 e. The topological polar surface area (TPSA) is 124 Å². The average molecular weight is 402 g/mol. The summed E-state index contributed by atoms with van der Waals surface area (Å²) in [6, 6.07) is 0. The number of aliphatic hydroxyl groups excluding tert-OH is 1. The minimum absolute atomic E-state index is 0.210. The summed E-state index contributed by atoms with van der Waals surface area (Å²) in [5.41, 5.74) is 2.03. The lowest BCUT2D eigenvalue weighted by molar-refractivity contribution is 0.0683. The molecule has 2 aromatic rings. The van der Waals surface area contributed by atoms with Crippen LogP contribution in [0.3, 0.4) is 0 Å². The van der Waals surface area contributed by atoms with Crippen LogP contribution in [-0.2, 0) is 20.0 Å². The Morgan fingerprint density at radius 3 is 2.45 bits per heavy atom. The molecule has 156 valence electrons. The van der Waals surface area contributed by atoms with Crippen LogP contribution in [0.1, 0.15) is 34.7 Å². The second kappa shape index (κ2) is 7.47. The number of piperidine rings is 1. The molecule has 4 rings (SSSR count). The Bertz CT molecular complexity index is 920. The lowest BCUT2D eigenvalue weighted by Gasteiger charge is -2.36. The zero-order valence-corrected chi connectivity index (χ0v) is 16.9. The molecular weight excluding hydrogens is 376 g/mol. The highest BCUT2D eigenvalue weighted by atomic mass is 16.4. The van der Waals surface area contributed by atoms with E-state index in [4.69, 9.17) is 9.97 Å². The molecule has 2 aromatic heterocycles. The Morgan fingerprint density at radius 1 is 1.10 bits per heavy atom. The standard InChI is InChI=1S/C18H26N8O3/c1-23(2)17-19-13-6-9-26(18-20-14(16(28)29)22-24(18)3)10-12(13)15(21-17)25-7-4-11(27)5-8-25/h11,27H,4-10H2,1-3H3,(H,28,29). The zero-order chi connectivity index (χ0) is 20.7. The summed E-state index contributed by atoms with van der Waals surface area (Å²) >= 11 is 0. The molecule has 0 saturated carbocycles. The molecule has 2 aliphatic rings. The molecule has 0 aliphatic carbocycles. The maximum absolute atomic E-state index is 11.2. The fraction of sp³-hybridized carbons (Fsp3) is 0.611. The van der Waals surface area contributed by atoms with Gasteiger partial charge in [-0.1, -0.05) is 0 Å². The number of aromatic nitrogens is 5. The third kappa shape index (κ3) is 3.69. The average Bonchev–Trinajstić information content (AvgIpc) is 3.09. The number of carbonyl (C=O) groups is 1. The second-order valence-corrected chi connectivity index (χ2v) is 7.72. The second-order valence-electron chi connectivity index (χ2n) is 7.72. The molecule has 0 amide bonds. The van der Waals surface area contributed by atoms with Crippen molar-refractivity contribution in [2.75, 3.05) is 48.4 Å². The first-order valence-electron chi connectivity index (χ1n) is 9.73. The van der Waals surface area contributed by atoms with E-state index in [1.165, 1.54) is 4.68 Å². The van der Waals surface area contributed by atoms with E-state index in [1.807, 2.05) is 23.9 Å². The van der Waals surface area contributed by atoms with Crippen molar-refractivity contribution in [1.82, 2.24) is 24.7 Å². The maximum Gasteiger partial charge on any atom is 0.375 e. The summed E-state index contributed by atoms with van der Waals surface area (Å²) in [6.45, 7) is 2.68. The van der Waals surface area contributed by atoms with Crippen molar-refractivity contribution in [3.63, 3.8) is 0 Å². The molecule has 4 heterocycles. The van der Waals surface area contributed by atoms with E-state index in [1.54, 1.807) is 7.05 Å². The molecule has 11 heteroatoms. The predicted molar refractivity (Wildman–Crippen MR) is 107 cm³/mol. The van der Waals surface area contributed by atoms with Crippen LogP contribution in [0.5, 0.6) is 0 Å². The first-order chi connectivity index (χ1) is 13.8. The van der Waals surface area contributed by atoms with Crippen molar-refractivity contribution in [3.8, 4) is 0 Å². The van der Waals surface area contributed by atoms with Crippen molar-refractivity contribution in [2.24, 2.45) is 7.05 Å². The maximum atomic E-state index is 11.2.